The quantitative estimate of drug-likeness (QED) is 0.693. The topological polar surface area (TPSA) is 67.9 Å². The highest BCUT2D eigenvalue weighted by Crippen LogP contribution is 2.50. The molecule has 0 aliphatic carbocycles. The number of carbonyl (C=O) groups is 2. The zero-order chi connectivity index (χ0) is 23.4. The number of nitrogens with zero attached hydrogens (tertiary/aromatic N) is 1. The largest absolute Gasteiger partial charge is 0.481 e. The Hall–Kier alpha value is -2.85. The zero-order valence-corrected chi connectivity index (χ0v) is 17.2. The maximum Gasteiger partial charge on any atom is 0.458 e. The van der Waals surface area contributed by atoms with Gasteiger partial charge in [0.2, 0.25) is 5.91 Å². The highest BCUT2D eigenvalue weighted by atomic mass is 19.4. The lowest BCUT2D eigenvalue weighted by Crippen LogP contribution is -2.46. The van der Waals surface area contributed by atoms with Crippen LogP contribution in [0.5, 0.6) is 5.75 Å². The number of fused-ring (bicyclic) bond motifs is 1. The molecule has 170 valence electrons. The van der Waals surface area contributed by atoms with Gasteiger partial charge >= 0.3 is 18.2 Å². The molecule has 2 aliphatic heterocycles. The molecule has 1 N–H and O–H groups in total. The Kier molecular flexibility index (Phi) is 5.44. The fourth-order valence-electron chi connectivity index (χ4n) is 3.81. The van der Waals surface area contributed by atoms with E-state index in [1.165, 1.54) is 4.90 Å². The number of rotatable bonds is 3. The van der Waals surface area contributed by atoms with Crippen molar-refractivity contribution < 1.29 is 41.0 Å². The first kappa shape index (κ1) is 22.8. The van der Waals surface area contributed by atoms with Crippen molar-refractivity contribution in [1.82, 2.24) is 10.2 Å². The van der Waals surface area contributed by atoms with Gasteiger partial charge in [-0.15, -0.1) is 0 Å². The minimum Gasteiger partial charge on any atom is -0.481 e. The fraction of sp³-hybridized carbons (Fsp3) is 0.500. The molecule has 2 heterocycles. The van der Waals surface area contributed by atoms with Gasteiger partial charge in [0, 0.05) is 24.1 Å². The van der Waals surface area contributed by atoms with Gasteiger partial charge in [0.05, 0.1) is 18.5 Å². The Morgan fingerprint density at radius 2 is 1.87 bits per heavy atom. The van der Waals surface area contributed by atoms with Crippen LogP contribution in [0.15, 0.2) is 17.8 Å². The molecule has 6 nitrogen and oxygen atoms in total. The number of methoxy groups -OCH3 is 1. The van der Waals surface area contributed by atoms with Crippen molar-refractivity contribution >= 4 is 17.7 Å². The van der Waals surface area contributed by atoms with Crippen LogP contribution in [0.1, 0.15) is 43.4 Å². The number of ether oxygens (including phenoxy) is 2. The van der Waals surface area contributed by atoms with Crippen LogP contribution >= 0.6 is 0 Å². The van der Waals surface area contributed by atoms with E-state index in [4.69, 9.17) is 4.74 Å². The van der Waals surface area contributed by atoms with Gasteiger partial charge in [-0.3, -0.25) is 10.1 Å². The molecule has 1 saturated heterocycles. The number of carbonyl (C=O) groups excluding carboxylic acids is 2. The molecule has 3 rings (SSSR count). The van der Waals surface area contributed by atoms with Gasteiger partial charge in [-0.2, -0.15) is 22.0 Å². The molecule has 2 aliphatic rings. The fourth-order valence-corrected chi connectivity index (χ4v) is 3.81. The van der Waals surface area contributed by atoms with Crippen LogP contribution in [-0.4, -0.2) is 42.3 Å². The van der Waals surface area contributed by atoms with Crippen LogP contribution in [0.4, 0.5) is 26.7 Å². The molecule has 0 spiro atoms. The molecule has 0 radical (unpaired) electrons. The van der Waals surface area contributed by atoms with Crippen molar-refractivity contribution in [1.29, 1.82) is 0 Å². The van der Waals surface area contributed by atoms with Gasteiger partial charge in [0.25, 0.3) is 0 Å². The number of hydrogen-bond donors (Lipinski definition) is 1. The molecule has 0 unspecified atom stereocenters. The maximum absolute atomic E-state index is 14.2. The van der Waals surface area contributed by atoms with Crippen LogP contribution in [0.25, 0.3) is 5.70 Å². The van der Waals surface area contributed by atoms with Crippen molar-refractivity contribution in [3.8, 4) is 5.75 Å². The van der Waals surface area contributed by atoms with E-state index in [0.717, 1.165) is 20.1 Å². The molecular weight excluding hydrogens is 427 g/mol. The molecule has 0 bridgehead atoms. The molecule has 31 heavy (non-hydrogen) atoms. The summed E-state index contributed by atoms with van der Waals surface area (Å²) in [7, 11) is 1.11. The summed E-state index contributed by atoms with van der Waals surface area (Å²) in [6, 6.07) is 1.69. The van der Waals surface area contributed by atoms with E-state index in [0.29, 0.717) is 12.5 Å². The number of hydrogen-bond acceptors (Lipinski definition) is 4. The van der Waals surface area contributed by atoms with E-state index in [1.54, 1.807) is 13.8 Å². The van der Waals surface area contributed by atoms with Crippen LogP contribution in [0, 0.1) is 6.92 Å². The number of likely N-dealkylation sites (tertiary alicyclic amines) is 1. The lowest BCUT2D eigenvalue weighted by molar-refractivity contribution is -0.289. The lowest BCUT2D eigenvalue weighted by atomic mass is 9.88. The normalized spacial score (nSPS) is 18.6. The Balaban J connectivity index is 2.34. The molecule has 0 aromatic heterocycles. The average Bonchev–Trinajstić information content (AvgIpc) is 3.06. The summed E-state index contributed by atoms with van der Waals surface area (Å²) in [4.78, 5) is 25.8. The van der Waals surface area contributed by atoms with Gasteiger partial charge in [-0.1, -0.05) is 0 Å². The highest BCUT2D eigenvalue weighted by Gasteiger charge is 2.60. The van der Waals surface area contributed by atoms with Gasteiger partial charge in [0.1, 0.15) is 11.4 Å². The van der Waals surface area contributed by atoms with Crippen LogP contribution in [-0.2, 0) is 15.5 Å². The standard InChI is InChI=1S/C20H21F5N2O4/c1-10-11(19(21,22)20(23,24)25)7-8-12-14(10)15(27-9-5-6-13(27)28)16(18(2,3)31-12)26-17(29)30-4/h7-8H,5-6,9H2,1-4H3,(H,26,29). The highest BCUT2D eigenvalue weighted by molar-refractivity contribution is 5.93. The van der Waals surface area contributed by atoms with Gasteiger partial charge < -0.3 is 14.4 Å². The minimum atomic E-state index is -5.82. The summed E-state index contributed by atoms with van der Waals surface area (Å²) in [6.07, 6.45) is -6.10. The Morgan fingerprint density at radius 3 is 2.39 bits per heavy atom. The molecule has 2 amide bonds. The van der Waals surface area contributed by atoms with Gasteiger partial charge in [0.15, 0.2) is 0 Å². The van der Waals surface area contributed by atoms with E-state index in [1.807, 2.05) is 0 Å². The third-order valence-corrected chi connectivity index (χ3v) is 5.32. The second-order valence-electron chi connectivity index (χ2n) is 7.78. The molecular formula is C20H21F5N2O4. The van der Waals surface area contributed by atoms with E-state index in [-0.39, 0.29) is 41.6 Å². The summed E-state index contributed by atoms with van der Waals surface area (Å²) < 4.78 is 78.2. The van der Waals surface area contributed by atoms with Gasteiger partial charge in [-0.05, 0) is 44.9 Å². The van der Waals surface area contributed by atoms with E-state index in [2.05, 4.69) is 10.1 Å². The zero-order valence-electron chi connectivity index (χ0n) is 17.2. The lowest BCUT2D eigenvalue weighted by Gasteiger charge is -2.40. The molecule has 1 aromatic carbocycles. The van der Waals surface area contributed by atoms with Crippen molar-refractivity contribution in [2.75, 3.05) is 13.7 Å². The molecule has 0 saturated carbocycles. The molecule has 0 atom stereocenters. The van der Waals surface area contributed by atoms with E-state index in [9.17, 15) is 31.5 Å². The summed E-state index contributed by atoms with van der Waals surface area (Å²) >= 11 is 0. The van der Waals surface area contributed by atoms with Crippen molar-refractivity contribution in [2.45, 2.75) is 51.3 Å². The number of benzene rings is 1. The monoisotopic (exact) mass is 448 g/mol. The Labute approximate surface area is 175 Å². The first-order chi connectivity index (χ1) is 14.2. The van der Waals surface area contributed by atoms with Crippen molar-refractivity contribution in [2.24, 2.45) is 0 Å². The third kappa shape index (κ3) is 3.70. The molecule has 11 heteroatoms. The molecule has 1 aromatic rings. The predicted octanol–water partition coefficient (Wildman–Crippen LogP) is 4.47. The number of alkyl halides is 5. The van der Waals surface area contributed by atoms with Crippen molar-refractivity contribution in [3.05, 3.63) is 34.5 Å². The average molecular weight is 448 g/mol. The smallest absolute Gasteiger partial charge is 0.458 e. The predicted molar refractivity (Wildman–Crippen MR) is 99.2 cm³/mol. The van der Waals surface area contributed by atoms with Gasteiger partial charge in [-0.25, -0.2) is 4.79 Å². The molecule has 1 fully saturated rings. The number of nitrogens with one attached hydrogen (secondary N) is 1. The summed E-state index contributed by atoms with van der Waals surface area (Å²) in [5.74, 6) is -5.46. The first-order valence-electron chi connectivity index (χ1n) is 9.40. The number of amides is 2. The van der Waals surface area contributed by atoms with Crippen LogP contribution in [0.2, 0.25) is 0 Å². The number of halogens is 5. The summed E-state index contributed by atoms with van der Waals surface area (Å²) in [6.45, 7) is 4.44. The second kappa shape index (κ2) is 7.38. The maximum atomic E-state index is 14.2. The van der Waals surface area contributed by atoms with E-state index >= 15 is 0 Å². The number of alkyl carbamates (subject to hydrolysis) is 1. The third-order valence-electron chi connectivity index (χ3n) is 5.32. The Morgan fingerprint density at radius 1 is 1.23 bits per heavy atom. The summed E-state index contributed by atoms with van der Waals surface area (Å²) in [5.41, 5.74) is -2.98. The minimum absolute atomic E-state index is 0.0225. The first-order valence-corrected chi connectivity index (χ1v) is 9.40. The van der Waals surface area contributed by atoms with Crippen molar-refractivity contribution in [3.63, 3.8) is 0 Å². The van der Waals surface area contributed by atoms with E-state index < -0.39 is 34.9 Å². The SMILES string of the molecule is COC(=O)NC1=C(N2CCCC2=O)c2c(ccc(C(F)(F)C(F)(F)F)c2C)OC1(C)C. The Bertz CT molecular complexity index is 969. The summed E-state index contributed by atoms with van der Waals surface area (Å²) in [5, 5.41) is 2.45. The van der Waals surface area contributed by atoms with Crippen LogP contribution in [0.3, 0.4) is 0 Å². The van der Waals surface area contributed by atoms with Crippen LogP contribution < -0.4 is 10.1 Å². The second-order valence-corrected chi connectivity index (χ2v) is 7.78.